The molecule has 0 unspecified atom stereocenters. The molecular weight excluding hydrogens is 466 g/mol. The van der Waals surface area contributed by atoms with Crippen molar-refractivity contribution in [3.63, 3.8) is 0 Å². The molecule has 37 heavy (non-hydrogen) atoms. The van der Waals surface area contributed by atoms with Gasteiger partial charge in [-0.3, -0.25) is 0 Å². The maximum atomic E-state index is 14.1. The molecule has 1 aliphatic rings. The molecule has 194 valence electrons. The van der Waals surface area contributed by atoms with Crippen molar-refractivity contribution in [2.75, 3.05) is 0 Å². The quantitative estimate of drug-likeness (QED) is 0.265. The fourth-order valence-electron chi connectivity index (χ4n) is 5.75. The zero-order chi connectivity index (χ0) is 26.2. The van der Waals surface area contributed by atoms with Gasteiger partial charge in [0.1, 0.15) is 5.82 Å². The van der Waals surface area contributed by atoms with Gasteiger partial charge in [-0.15, -0.1) is 0 Å². The number of nitrogens with one attached hydrogen (secondary N) is 1. The van der Waals surface area contributed by atoms with Gasteiger partial charge < -0.3 is 10.1 Å². The molecular formula is C32H36F2N2O. The molecule has 3 nitrogen and oxygen atoms in total. The number of aromatic amines is 1. The summed E-state index contributed by atoms with van der Waals surface area (Å²) in [5, 5.41) is 10.1. The molecule has 0 atom stereocenters. The van der Waals surface area contributed by atoms with Crippen LogP contribution in [0.5, 0.6) is 0 Å². The number of fused-ring (bicyclic) bond motifs is 1. The van der Waals surface area contributed by atoms with Crippen LogP contribution in [0.15, 0.2) is 66.7 Å². The summed E-state index contributed by atoms with van der Waals surface area (Å²) in [6, 6.07) is 21.7. The molecule has 1 aromatic heterocycles. The van der Waals surface area contributed by atoms with E-state index in [-0.39, 0.29) is 12.0 Å². The Morgan fingerprint density at radius 2 is 1.46 bits per heavy atom. The van der Waals surface area contributed by atoms with E-state index in [9.17, 15) is 13.9 Å². The Kier molecular flexibility index (Phi) is 6.93. The van der Waals surface area contributed by atoms with E-state index in [2.05, 4.69) is 46.4 Å². The number of hydrogen-bond acceptors (Lipinski definition) is 2. The summed E-state index contributed by atoms with van der Waals surface area (Å²) in [5.74, 6) is -0.942. The molecule has 5 heteroatoms. The number of benzene rings is 3. The summed E-state index contributed by atoms with van der Waals surface area (Å²) in [4.78, 5) is 7.82. The summed E-state index contributed by atoms with van der Waals surface area (Å²) in [5.41, 5.74) is 5.36. The molecule has 0 aliphatic heterocycles. The van der Waals surface area contributed by atoms with Gasteiger partial charge in [-0.25, -0.2) is 13.8 Å². The van der Waals surface area contributed by atoms with E-state index < -0.39 is 11.5 Å². The molecule has 1 saturated carbocycles. The minimum Gasteiger partial charge on any atom is -0.390 e. The number of nitrogens with zero attached hydrogens (tertiary/aromatic N) is 1. The average Bonchev–Trinajstić information content (AvgIpc) is 3.32. The number of aromatic nitrogens is 2. The van der Waals surface area contributed by atoms with Crippen LogP contribution in [0.3, 0.4) is 0 Å². The van der Waals surface area contributed by atoms with E-state index in [1.807, 2.05) is 26.0 Å². The SMILES string of the molecule is CCC(F)(F)c1ccc2nc(-c3ccc(-c4ccc(C5CCC(CC(C)(C)O)CC5)cc4)cc3)[nH]c2c1. The first-order valence-electron chi connectivity index (χ1n) is 13.4. The van der Waals surface area contributed by atoms with E-state index in [0.29, 0.717) is 28.7 Å². The van der Waals surface area contributed by atoms with Gasteiger partial charge in [0.05, 0.1) is 16.6 Å². The molecule has 0 bridgehead atoms. The van der Waals surface area contributed by atoms with Crippen molar-refractivity contribution in [2.45, 2.75) is 76.7 Å². The second-order valence-corrected chi connectivity index (χ2v) is 11.3. The second-order valence-electron chi connectivity index (χ2n) is 11.3. The van der Waals surface area contributed by atoms with E-state index in [1.165, 1.54) is 55.9 Å². The standard InChI is InChI=1S/C32H36F2N2O/c1-4-32(33,34)27-17-18-28-29(19-27)36-30(35-28)26-15-13-25(14-16-26)24-11-9-23(10-12-24)22-7-5-21(6-8-22)20-31(2,3)37/h9-19,21-22,37H,4-8,20H2,1-3H3,(H,35,36). The van der Waals surface area contributed by atoms with Crippen LogP contribution in [0.2, 0.25) is 0 Å². The first-order chi connectivity index (χ1) is 17.6. The molecule has 0 amide bonds. The van der Waals surface area contributed by atoms with Crippen molar-refractivity contribution in [3.8, 4) is 22.5 Å². The van der Waals surface area contributed by atoms with Crippen molar-refractivity contribution < 1.29 is 13.9 Å². The van der Waals surface area contributed by atoms with E-state index >= 15 is 0 Å². The number of halogens is 2. The normalized spacial score (nSPS) is 18.9. The van der Waals surface area contributed by atoms with E-state index in [0.717, 1.165) is 17.5 Å². The van der Waals surface area contributed by atoms with Crippen LogP contribution in [0.4, 0.5) is 8.78 Å². The molecule has 0 saturated heterocycles. The van der Waals surface area contributed by atoms with Gasteiger partial charge in [0.2, 0.25) is 0 Å². The van der Waals surface area contributed by atoms with E-state index in [1.54, 1.807) is 6.07 Å². The lowest BCUT2D eigenvalue weighted by Gasteiger charge is -2.32. The Bertz CT molecular complexity index is 1340. The van der Waals surface area contributed by atoms with Crippen LogP contribution in [0, 0.1) is 5.92 Å². The van der Waals surface area contributed by atoms with Gasteiger partial charge in [0, 0.05) is 17.5 Å². The fourth-order valence-corrected chi connectivity index (χ4v) is 5.75. The highest BCUT2D eigenvalue weighted by Crippen LogP contribution is 2.39. The van der Waals surface area contributed by atoms with Crippen molar-refractivity contribution in [3.05, 3.63) is 77.9 Å². The number of H-pyrrole nitrogens is 1. The molecule has 3 aromatic carbocycles. The van der Waals surface area contributed by atoms with Gasteiger partial charge in [-0.1, -0.05) is 61.5 Å². The van der Waals surface area contributed by atoms with Gasteiger partial charge in [0.25, 0.3) is 5.92 Å². The highest BCUT2D eigenvalue weighted by molar-refractivity contribution is 5.80. The summed E-state index contributed by atoms with van der Waals surface area (Å²) in [6.45, 7) is 5.31. The van der Waals surface area contributed by atoms with Gasteiger partial charge in [-0.05, 0) is 86.6 Å². The molecule has 5 rings (SSSR count). The third-order valence-electron chi connectivity index (χ3n) is 7.86. The number of alkyl halides is 2. The van der Waals surface area contributed by atoms with Crippen LogP contribution in [-0.4, -0.2) is 20.7 Å². The maximum Gasteiger partial charge on any atom is 0.273 e. The Labute approximate surface area is 218 Å². The molecule has 1 heterocycles. The second kappa shape index (κ2) is 10.0. The van der Waals surface area contributed by atoms with Crippen LogP contribution in [-0.2, 0) is 5.92 Å². The van der Waals surface area contributed by atoms with Crippen LogP contribution >= 0.6 is 0 Å². The Morgan fingerprint density at radius 3 is 2.05 bits per heavy atom. The number of imidazole rings is 1. The predicted octanol–water partition coefficient (Wildman–Crippen LogP) is 8.83. The maximum absolute atomic E-state index is 14.1. The monoisotopic (exact) mass is 502 g/mol. The predicted molar refractivity (Wildman–Crippen MR) is 147 cm³/mol. The van der Waals surface area contributed by atoms with Crippen molar-refractivity contribution >= 4 is 11.0 Å². The molecule has 0 radical (unpaired) electrons. The average molecular weight is 503 g/mol. The minimum absolute atomic E-state index is 0.0126. The summed E-state index contributed by atoms with van der Waals surface area (Å²) < 4.78 is 28.2. The first-order valence-corrected chi connectivity index (χ1v) is 13.4. The van der Waals surface area contributed by atoms with Crippen molar-refractivity contribution in [2.24, 2.45) is 5.92 Å². The number of aliphatic hydroxyl groups is 1. The Balaban J connectivity index is 1.26. The van der Waals surface area contributed by atoms with Crippen LogP contribution < -0.4 is 0 Å². The Hall–Kier alpha value is -3.05. The lowest BCUT2D eigenvalue weighted by molar-refractivity contribution is -0.00817. The molecule has 4 aromatic rings. The van der Waals surface area contributed by atoms with Crippen LogP contribution in [0.25, 0.3) is 33.5 Å². The summed E-state index contributed by atoms with van der Waals surface area (Å²) in [6.07, 6.45) is 5.39. The highest BCUT2D eigenvalue weighted by Gasteiger charge is 2.29. The lowest BCUT2D eigenvalue weighted by atomic mass is 9.75. The largest absolute Gasteiger partial charge is 0.390 e. The number of rotatable bonds is 7. The van der Waals surface area contributed by atoms with Crippen molar-refractivity contribution in [1.82, 2.24) is 9.97 Å². The molecule has 1 aliphatic carbocycles. The summed E-state index contributed by atoms with van der Waals surface area (Å²) >= 11 is 0. The first kappa shape index (κ1) is 25.6. The lowest BCUT2D eigenvalue weighted by Crippen LogP contribution is -2.25. The van der Waals surface area contributed by atoms with Gasteiger partial charge >= 0.3 is 0 Å². The highest BCUT2D eigenvalue weighted by atomic mass is 19.3. The molecule has 0 spiro atoms. The topological polar surface area (TPSA) is 48.9 Å². The van der Waals surface area contributed by atoms with Crippen molar-refractivity contribution in [1.29, 1.82) is 0 Å². The zero-order valence-corrected chi connectivity index (χ0v) is 21.9. The third-order valence-corrected chi connectivity index (χ3v) is 7.86. The van der Waals surface area contributed by atoms with Crippen LogP contribution in [0.1, 0.15) is 76.3 Å². The third kappa shape index (κ3) is 5.77. The molecule has 2 N–H and O–H groups in total. The van der Waals surface area contributed by atoms with Gasteiger partial charge in [-0.2, -0.15) is 0 Å². The molecule has 1 fully saturated rings. The van der Waals surface area contributed by atoms with E-state index in [4.69, 9.17) is 0 Å². The number of hydrogen-bond donors (Lipinski definition) is 2. The Morgan fingerprint density at radius 1 is 0.865 bits per heavy atom. The zero-order valence-electron chi connectivity index (χ0n) is 21.9. The fraction of sp³-hybridized carbons (Fsp3) is 0.406. The van der Waals surface area contributed by atoms with Gasteiger partial charge in [0.15, 0.2) is 0 Å². The summed E-state index contributed by atoms with van der Waals surface area (Å²) in [7, 11) is 0. The minimum atomic E-state index is -2.84. The smallest absolute Gasteiger partial charge is 0.273 e.